The lowest BCUT2D eigenvalue weighted by Crippen LogP contribution is -2.52. The van der Waals surface area contributed by atoms with Crippen LogP contribution < -0.4 is 5.73 Å². The Morgan fingerprint density at radius 2 is 1.47 bits per heavy atom. The Morgan fingerprint density at radius 1 is 0.882 bits per heavy atom. The summed E-state index contributed by atoms with van der Waals surface area (Å²) >= 11 is 0. The maximum Gasteiger partial charge on any atom is 0.0303 e. The molecule has 0 aromatic rings. The molecule has 2 N–H and O–H groups in total. The summed E-state index contributed by atoms with van der Waals surface area (Å²) in [5, 5.41) is 0. The first-order chi connectivity index (χ1) is 8.14. The number of unbranched alkanes of at least 4 members (excludes halogenated alkanes) is 3. The van der Waals surface area contributed by atoms with Crippen LogP contribution in [0.4, 0.5) is 0 Å². The molecule has 2 nitrogen and oxygen atoms in total. The Morgan fingerprint density at radius 3 is 1.88 bits per heavy atom. The van der Waals surface area contributed by atoms with Crippen molar-refractivity contribution in [1.29, 1.82) is 0 Å². The third kappa shape index (κ3) is 6.42. The summed E-state index contributed by atoms with van der Waals surface area (Å²) in [5.74, 6) is 0. The van der Waals surface area contributed by atoms with E-state index < -0.39 is 0 Å². The normalized spacial score (nSPS) is 15.2. The Kier molecular flexibility index (Phi) is 9.85. The van der Waals surface area contributed by atoms with Crippen LogP contribution in [0.1, 0.15) is 72.6 Å². The van der Waals surface area contributed by atoms with Crippen LogP contribution in [-0.2, 0) is 0 Å². The van der Waals surface area contributed by atoms with Crippen molar-refractivity contribution in [1.82, 2.24) is 4.90 Å². The van der Waals surface area contributed by atoms with Crippen molar-refractivity contribution in [2.45, 2.75) is 78.2 Å². The van der Waals surface area contributed by atoms with Gasteiger partial charge in [-0.2, -0.15) is 0 Å². The predicted octanol–water partition coefficient (Wildman–Crippen LogP) is 3.80. The van der Waals surface area contributed by atoms with Gasteiger partial charge >= 0.3 is 0 Å². The van der Waals surface area contributed by atoms with Crippen molar-refractivity contribution in [3.05, 3.63) is 0 Å². The van der Waals surface area contributed by atoms with Crippen LogP contribution in [0.25, 0.3) is 0 Å². The van der Waals surface area contributed by atoms with E-state index >= 15 is 0 Å². The molecule has 0 rings (SSSR count). The monoisotopic (exact) mass is 242 g/mol. The van der Waals surface area contributed by atoms with Crippen LogP contribution in [0.2, 0.25) is 0 Å². The molecule has 0 aliphatic carbocycles. The maximum absolute atomic E-state index is 6.04. The molecule has 0 radical (unpaired) electrons. The molecule has 0 aromatic carbocycles. The molecular formula is C15H34N2. The summed E-state index contributed by atoms with van der Waals surface area (Å²) in [6.07, 6.45) is 9.07. The lowest BCUT2D eigenvalue weighted by Gasteiger charge is -2.41. The smallest absolute Gasteiger partial charge is 0.0303 e. The molecular weight excluding hydrogens is 208 g/mol. The molecule has 1 atom stereocenters. The van der Waals surface area contributed by atoms with Crippen molar-refractivity contribution in [3.8, 4) is 0 Å². The second-order valence-electron chi connectivity index (χ2n) is 5.50. The second-order valence-corrected chi connectivity index (χ2v) is 5.50. The Labute approximate surface area is 109 Å². The van der Waals surface area contributed by atoms with E-state index in [1.54, 1.807) is 0 Å². The SMILES string of the molecule is CCCCCCC(C)(CN)N(CCC)CCC. The molecule has 0 aliphatic rings. The molecule has 0 bridgehead atoms. The molecule has 17 heavy (non-hydrogen) atoms. The van der Waals surface area contributed by atoms with E-state index in [0.717, 1.165) is 6.54 Å². The lowest BCUT2D eigenvalue weighted by molar-refractivity contribution is 0.0981. The van der Waals surface area contributed by atoms with Crippen molar-refractivity contribution < 1.29 is 0 Å². The quantitative estimate of drug-likeness (QED) is 0.558. The zero-order valence-corrected chi connectivity index (χ0v) is 12.6. The number of nitrogens with zero attached hydrogens (tertiary/aromatic N) is 1. The molecule has 0 saturated heterocycles. The van der Waals surface area contributed by atoms with Crippen LogP contribution in [-0.4, -0.2) is 30.1 Å². The lowest BCUT2D eigenvalue weighted by atomic mass is 9.91. The van der Waals surface area contributed by atoms with E-state index in [1.807, 2.05) is 0 Å². The van der Waals surface area contributed by atoms with Crippen LogP contribution in [0.3, 0.4) is 0 Å². The average molecular weight is 242 g/mol. The third-order valence-corrected chi connectivity index (χ3v) is 3.76. The van der Waals surface area contributed by atoms with Gasteiger partial charge in [0.15, 0.2) is 0 Å². The Balaban J connectivity index is 4.26. The van der Waals surface area contributed by atoms with Crippen molar-refractivity contribution in [2.75, 3.05) is 19.6 Å². The zero-order chi connectivity index (χ0) is 13.1. The van der Waals surface area contributed by atoms with Crippen LogP contribution in [0, 0.1) is 0 Å². The highest BCUT2D eigenvalue weighted by Crippen LogP contribution is 2.22. The highest BCUT2D eigenvalue weighted by atomic mass is 15.2. The molecule has 0 saturated carbocycles. The first kappa shape index (κ1) is 16.9. The van der Waals surface area contributed by atoms with Gasteiger partial charge < -0.3 is 5.73 Å². The summed E-state index contributed by atoms with van der Waals surface area (Å²) in [4.78, 5) is 2.61. The van der Waals surface area contributed by atoms with Gasteiger partial charge in [0.2, 0.25) is 0 Å². The van der Waals surface area contributed by atoms with Crippen molar-refractivity contribution >= 4 is 0 Å². The van der Waals surface area contributed by atoms with Gasteiger partial charge in [-0.25, -0.2) is 0 Å². The largest absolute Gasteiger partial charge is 0.329 e. The fraction of sp³-hybridized carbons (Fsp3) is 1.00. The van der Waals surface area contributed by atoms with Crippen molar-refractivity contribution in [2.24, 2.45) is 5.73 Å². The molecule has 0 heterocycles. The minimum Gasteiger partial charge on any atom is -0.329 e. The van der Waals surface area contributed by atoms with E-state index in [4.69, 9.17) is 5.73 Å². The van der Waals surface area contributed by atoms with E-state index in [2.05, 4.69) is 32.6 Å². The number of rotatable bonds is 11. The van der Waals surface area contributed by atoms with Gasteiger partial charge in [-0.05, 0) is 39.3 Å². The predicted molar refractivity (Wildman–Crippen MR) is 78.4 cm³/mol. The zero-order valence-electron chi connectivity index (χ0n) is 12.6. The van der Waals surface area contributed by atoms with Gasteiger partial charge in [0, 0.05) is 12.1 Å². The fourth-order valence-corrected chi connectivity index (χ4v) is 2.51. The van der Waals surface area contributed by atoms with Gasteiger partial charge in [0.1, 0.15) is 0 Å². The summed E-state index contributed by atoms with van der Waals surface area (Å²) in [6, 6.07) is 0. The molecule has 2 heteroatoms. The second kappa shape index (κ2) is 9.90. The summed E-state index contributed by atoms with van der Waals surface area (Å²) in [5.41, 5.74) is 6.26. The molecule has 1 unspecified atom stereocenters. The van der Waals surface area contributed by atoms with E-state index in [0.29, 0.717) is 0 Å². The Bertz CT molecular complexity index is 164. The molecule has 0 amide bonds. The third-order valence-electron chi connectivity index (χ3n) is 3.76. The number of hydrogen-bond donors (Lipinski definition) is 1. The van der Waals surface area contributed by atoms with Crippen LogP contribution in [0.5, 0.6) is 0 Å². The molecule has 0 aliphatic heterocycles. The van der Waals surface area contributed by atoms with Gasteiger partial charge in [-0.1, -0.05) is 46.5 Å². The van der Waals surface area contributed by atoms with Gasteiger partial charge in [0.05, 0.1) is 0 Å². The maximum atomic E-state index is 6.04. The number of hydrogen-bond acceptors (Lipinski definition) is 2. The van der Waals surface area contributed by atoms with Crippen LogP contribution >= 0.6 is 0 Å². The standard InChI is InChI=1S/C15H34N2/c1-5-8-9-10-11-15(4,14-16)17(12-6-2)13-7-3/h5-14,16H2,1-4H3. The minimum atomic E-state index is 0.222. The first-order valence-electron chi connectivity index (χ1n) is 7.59. The first-order valence-corrected chi connectivity index (χ1v) is 7.59. The van der Waals surface area contributed by atoms with Crippen molar-refractivity contribution in [3.63, 3.8) is 0 Å². The number of nitrogens with two attached hydrogens (primary N) is 1. The fourth-order valence-electron chi connectivity index (χ4n) is 2.51. The molecule has 0 fully saturated rings. The van der Waals surface area contributed by atoms with E-state index in [1.165, 1.54) is 58.0 Å². The Hall–Kier alpha value is -0.0800. The highest BCUT2D eigenvalue weighted by molar-refractivity contribution is 4.87. The molecule has 0 aromatic heterocycles. The summed E-state index contributed by atoms with van der Waals surface area (Å²) < 4.78 is 0. The summed E-state index contributed by atoms with van der Waals surface area (Å²) in [6.45, 7) is 12.3. The van der Waals surface area contributed by atoms with Crippen LogP contribution in [0.15, 0.2) is 0 Å². The minimum absolute atomic E-state index is 0.222. The van der Waals surface area contributed by atoms with E-state index in [-0.39, 0.29) is 5.54 Å². The summed E-state index contributed by atoms with van der Waals surface area (Å²) in [7, 11) is 0. The highest BCUT2D eigenvalue weighted by Gasteiger charge is 2.28. The molecule has 104 valence electrons. The topological polar surface area (TPSA) is 29.3 Å². The van der Waals surface area contributed by atoms with E-state index in [9.17, 15) is 0 Å². The van der Waals surface area contributed by atoms with Gasteiger partial charge in [0.25, 0.3) is 0 Å². The van der Waals surface area contributed by atoms with Gasteiger partial charge in [-0.3, -0.25) is 4.90 Å². The molecule has 0 spiro atoms. The van der Waals surface area contributed by atoms with Gasteiger partial charge in [-0.15, -0.1) is 0 Å². The average Bonchev–Trinajstić information content (AvgIpc) is 2.34.